The predicted octanol–water partition coefficient (Wildman–Crippen LogP) is 5.73. The number of methoxy groups -OCH3 is 1. The normalized spacial score (nSPS) is 37.3. The zero-order valence-electron chi connectivity index (χ0n) is 26.0. The van der Waals surface area contributed by atoms with E-state index in [4.69, 9.17) is 14.2 Å². The van der Waals surface area contributed by atoms with Crippen LogP contribution in [0.4, 0.5) is 0 Å². The maximum absolute atomic E-state index is 13.6. The van der Waals surface area contributed by atoms with Gasteiger partial charge in [0.1, 0.15) is 5.78 Å². The minimum Gasteiger partial charge on any atom is -0.454 e. The molecule has 0 amide bonds. The fraction of sp³-hybridized carbons (Fsp3) is 0.900. The summed E-state index contributed by atoms with van der Waals surface area (Å²) in [7, 11) is 0.346. The largest absolute Gasteiger partial charge is 0.454 e. The lowest BCUT2D eigenvalue weighted by atomic mass is 9.70. The molecule has 2 rings (SSSR count). The molecule has 0 saturated carbocycles. The molecule has 0 spiro atoms. The van der Waals surface area contributed by atoms with Crippen molar-refractivity contribution in [1.29, 1.82) is 0 Å². The van der Waals surface area contributed by atoms with E-state index in [0.717, 1.165) is 31.9 Å². The summed E-state index contributed by atoms with van der Waals surface area (Å²) in [5, 5.41) is 0. The lowest BCUT2D eigenvalue weighted by Crippen LogP contribution is -2.45. The number of carbonyl (C=O) groups is 3. The summed E-state index contributed by atoms with van der Waals surface area (Å²) in [5.74, 6) is -0.122. The van der Waals surface area contributed by atoms with Gasteiger partial charge in [-0.3, -0.25) is 19.3 Å². The van der Waals surface area contributed by atoms with Crippen molar-refractivity contribution in [3.05, 3.63) is 0 Å². The van der Waals surface area contributed by atoms with Gasteiger partial charge in [-0.15, -0.1) is 0 Å². The molecule has 2 fully saturated rings. The van der Waals surface area contributed by atoms with Crippen LogP contribution >= 0.6 is 0 Å². The van der Waals surface area contributed by atoms with Crippen LogP contribution in [0, 0.1) is 23.2 Å². The first kappa shape index (κ1) is 33.1. The monoisotopic (exact) mass is 553 g/mol. The van der Waals surface area contributed by atoms with Crippen LogP contribution in [0.1, 0.15) is 80.6 Å². The highest BCUT2D eigenvalue weighted by Crippen LogP contribution is 2.48. The standard InChI is InChI=1S/C30H55NO6Si/c1-20-13-12-14-30(7)25(31(30)19-36-15-16-38(9,10)11)17-24(23(4)32)37-27(33)18-26(35-8)29(5,6)28(34)22(3)21(20)2/h20-22,24-26H,12-19H2,1-11H3/t20-,21-,22+,24-,25-,26-,30+,31?/m0/s1. The number of rotatable bonds is 7. The van der Waals surface area contributed by atoms with Crippen LogP contribution in [0.5, 0.6) is 0 Å². The van der Waals surface area contributed by atoms with Gasteiger partial charge in [-0.1, -0.05) is 67.1 Å². The van der Waals surface area contributed by atoms with Crippen molar-refractivity contribution in [3.63, 3.8) is 0 Å². The Hall–Kier alpha value is -1.09. The Balaban J connectivity index is 2.28. The first-order valence-electron chi connectivity index (χ1n) is 14.6. The molecule has 38 heavy (non-hydrogen) atoms. The minimum atomic E-state index is -1.18. The summed E-state index contributed by atoms with van der Waals surface area (Å²) >= 11 is 0. The summed E-state index contributed by atoms with van der Waals surface area (Å²) in [5.41, 5.74) is -0.957. The number of hydrogen-bond acceptors (Lipinski definition) is 7. The fourth-order valence-corrected chi connectivity index (χ4v) is 6.82. The number of ether oxygens (including phenoxy) is 3. The molecule has 1 unspecified atom stereocenters. The zero-order valence-corrected chi connectivity index (χ0v) is 27.0. The van der Waals surface area contributed by atoms with Gasteiger partial charge in [0.15, 0.2) is 11.9 Å². The van der Waals surface area contributed by atoms with Crippen LogP contribution in [0.2, 0.25) is 25.7 Å². The molecule has 0 N–H and O–H groups in total. The molecule has 0 bridgehead atoms. The van der Waals surface area contributed by atoms with E-state index in [1.165, 1.54) is 14.0 Å². The van der Waals surface area contributed by atoms with Crippen LogP contribution in [-0.2, 0) is 28.6 Å². The summed E-state index contributed by atoms with van der Waals surface area (Å²) < 4.78 is 17.5. The van der Waals surface area contributed by atoms with E-state index in [1.54, 1.807) is 0 Å². The fourth-order valence-electron chi connectivity index (χ4n) is 6.06. The number of carbonyl (C=O) groups excluding carboxylic acids is 3. The first-order valence-corrected chi connectivity index (χ1v) is 18.3. The molecule has 2 aliphatic heterocycles. The maximum atomic E-state index is 13.6. The highest BCUT2D eigenvalue weighted by atomic mass is 28.3. The van der Waals surface area contributed by atoms with Crippen LogP contribution in [0.3, 0.4) is 0 Å². The molecule has 2 saturated heterocycles. The predicted molar refractivity (Wildman–Crippen MR) is 154 cm³/mol. The summed E-state index contributed by atoms with van der Waals surface area (Å²) in [6.07, 6.45) is 1.98. The number of fused-ring (bicyclic) bond motifs is 1. The van der Waals surface area contributed by atoms with Crippen molar-refractivity contribution in [2.75, 3.05) is 20.4 Å². The topological polar surface area (TPSA) is 81.9 Å². The van der Waals surface area contributed by atoms with Gasteiger partial charge >= 0.3 is 5.97 Å². The Morgan fingerprint density at radius 1 is 1.13 bits per heavy atom. The molecular formula is C30H55NO6Si. The number of hydrogen-bond donors (Lipinski definition) is 0. The number of ketones is 2. The van der Waals surface area contributed by atoms with E-state index in [1.807, 2.05) is 20.8 Å². The van der Waals surface area contributed by atoms with Crippen LogP contribution in [0.25, 0.3) is 0 Å². The number of Topliss-reactive ketones (excluding diaryl/α,β-unsaturated/α-hetero) is 2. The lowest BCUT2D eigenvalue weighted by Gasteiger charge is -2.36. The van der Waals surface area contributed by atoms with Crippen molar-refractivity contribution >= 4 is 25.6 Å². The zero-order chi connectivity index (χ0) is 29.1. The number of cyclic esters (lactones) is 1. The van der Waals surface area contributed by atoms with Crippen LogP contribution in [-0.4, -0.2) is 74.7 Å². The second-order valence-corrected chi connectivity index (χ2v) is 19.7. The molecule has 2 aliphatic rings. The van der Waals surface area contributed by atoms with E-state index >= 15 is 0 Å². The highest BCUT2D eigenvalue weighted by molar-refractivity contribution is 6.76. The van der Waals surface area contributed by atoms with Gasteiger partial charge in [0, 0.05) is 45.7 Å². The molecule has 0 aromatic rings. The SMILES string of the molecule is CO[C@H]1CC(=O)O[C@H](C(C)=O)C[C@@H]2N(COCC[Si](C)(C)C)[C@]2(C)CCC[C@H](C)[C@H](C)[C@@H](C)C(=O)C1(C)C. The van der Waals surface area contributed by atoms with Crippen molar-refractivity contribution in [2.45, 2.75) is 130 Å². The molecule has 8 atom stereocenters. The third-order valence-electron chi connectivity index (χ3n) is 9.59. The molecule has 0 aromatic carbocycles. The molecule has 220 valence electrons. The summed E-state index contributed by atoms with van der Waals surface area (Å²) in [6.45, 7) is 22.1. The minimum absolute atomic E-state index is 0.0683. The van der Waals surface area contributed by atoms with Gasteiger partial charge in [0.2, 0.25) is 0 Å². The van der Waals surface area contributed by atoms with Crippen molar-refractivity contribution < 1.29 is 28.6 Å². The molecule has 2 heterocycles. The van der Waals surface area contributed by atoms with Gasteiger partial charge in [-0.2, -0.15) is 0 Å². The summed E-state index contributed by atoms with van der Waals surface area (Å²) in [6, 6.07) is 1.23. The molecular weight excluding hydrogens is 498 g/mol. The smallest absolute Gasteiger partial charge is 0.309 e. The van der Waals surface area contributed by atoms with E-state index in [0.29, 0.717) is 19.1 Å². The second-order valence-electron chi connectivity index (χ2n) is 14.0. The van der Waals surface area contributed by atoms with Gasteiger partial charge in [-0.05, 0) is 38.1 Å². The average molecular weight is 554 g/mol. The lowest BCUT2D eigenvalue weighted by molar-refractivity contribution is -0.161. The van der Waals surface area contributed by atoms with Crippen molar-refractivity contribution in [3.8, 4) is 0 Å². The average Bonchev–Trinajstić information content (AvgIpc) is 3.37. The molecule has 0 radical (unpaired) electrons. The first-order chi connectivity index (χ1) is 17.5. The second kappa shape index (κ2) is 13.0. The Morgan fingerprint density at radius 2 is 1.76 bits per heavy atom. The molecule has 0 aromatic heterocycles. The van der Waals surface area contributed by atoms with Gasteiger partial charge < -0.3 is 14.2 Å². The van der Waals surface area contributed by atoms with E-state index in [-0.39, 0.29) is 41.4 Å². The van der Waals surface area contributed by atoms with Crippen molar-refractivity contribution in [2.24, 2.45) is 23.2 Å². The van der Waals surface area contributed by atoms with Gasteiger partial charge in [0.25, 0.3) is 0 Å². The van der Waals surface area contributed by atoms with Gasteiger partial charge in [-0.25, -0.2) is 0 Å². The summed E-state index contributed by atoms with van der Waals surface area (Å²) in [4.78, 5) is 41.5. The quantitative estimate of drug-likeness (QED) is 0.172. The third-order valence-corrected chi connectivity index (χ3v) is 11.3. The Bertz CT molecular complexity index is 839. The van der Waals surface area contributed by atoms with E-state index < -0.39 is 31.7 Å². The van der Waals surface area contributed by atoms with Crippen LogP contribution in [0.15, 0.2) is 0 Å². The number of esters is 1. The Labute approximate surface area is 232 Å². The maximum Gasteiger partial charge on any atom is 0.309 e. The highest BCUT2D eigenvalue weighted by Gasteiger charge is 2.59. The van der Waals surface area contributed by atoms with Gasteiger partial charge in [0.05, 0.1) is 24.7 Å². The van der Waals surface area contributed by atoms with Crippen molar-refractivity contribution in [1.82, 2.24) is 4.90 Å². The molecule has 0 aliphatic carbocycles. The molecule has 7 nitrogen and oxygen atoms in total. The van der Waals surface area contributed by atoms with E-state index in [9.17, 15) is 14.4 Å². The Kier molecular flexibility index (Phi) is 11.4. The molecule has 8 heteroatoms. The van der Waals surface area contributed by atoms with Crippen LogP contribution < -0.4 is 0 Å². The third kappa shape index (κ3) is 8.21. The number of nitrogens with zero attached hydrogens (tertiary/aromatic N) is 1. The van der Waals surface area contributed by atoms with E-state index in [2.05, 4.69) is 45.3 Å². The Morgan fingerprint density at radius 3 is 2.32 bits per heavy atom.